The third-order valence-electron chi connectivity index (χ3n) is 4.15. The van der Waals surface area contributed by atoms with Crippen molar-refractivity contribution in [2.45, 2.75) is 19.3 Å². The maximum Gasteiger partial charge on any atom is 0.0916 e. The summed E-state index contributed by atoms with van der Waals surface area (Å²) in [5.74, 6) is 0. The van der Waals surface area contributed by atoms with Gasteiger partial charge in [0.1, 0.15) is 0 Å². The highest BCUT2D eigenvalue weighted by molar-refractivity contribution is 4.70. The first kappa shape index (κ1) is 11.4. The molecule has 0 aromatic heterocycles. The lowest BCUT2D eigenvalue weighted by Gasteiger charge is -2.50. The van der Waals surface area contributed by atoms with Gasteiger partial charge in [0.15, 0.2) is 0 Å². The summed E-state index contributed by atoms with van der Waals surface area (Å²) in [5, 5.41) is 0. The minimum atomic E-state index is 0.938. The second-order valence-corrected chi connectivity index (χ2v) is 5.13. The van der Waals surface area contributed by atoms with Gasteiger partial charge in [0, 0.05) is 33.4 Å². The Morgan fingerprint density at radius 3 is 2.27 bits per heavy atom. The number of fused-ring (bicyclic) bond motifs is 3. The Morgan fingerprint density at radius 1 is 1.00 bits per heavy atom. The van der Waals surface area contributed by atoms with Crippen LogP contribution in [0, 0.1) is 0 Å². The van der Waals surface area contributed by atoms with Crippen LogP contribution < -0.4 is 0 Å². The van der Waals surface area contributed by atoms with Crippen LogP contribution in [0.1, 0.15) is 19.3 Å². The summed E-state index contributed by atoms with van der Waals surface area (Å²) in [7, 11) is 1.80. The minimum absolute atomic E-state index is 0.938. The molecule has 3 heterocycles. The first-order chi connectivity index (χ1) is 7.35. The van der Waals surface area contributed by atoms with Crippen molar-refractivity contribution in [1.82, 2.24) is 4.90 Å². The highest BCUT2D eigenvalue weighted by Gasteiger charge is 2.37. The number of hydrogen-bond donors (Lipinski definition) is 0. The standard InChI is InChI=1S/C12H25N2O/c1-15-12-4-2-3-8-14-9-5-13(6-10-14)7-11-14/h2-12H2,1H3/q+1. The van der Waals surface area contributed by atoms with Crippen LogP contribution in [-0.2, 0) is 4.74 Å². The monoisotopic (exact) mass is 213 g/mol. The Labute approximate surface area is 93.6 Å². The van der Waals surface area contributed by atoms with E-state index < -0.39 is 0 Å². The van der Waals surface area contributed by atoms with E-state index in [4.69, 9.17) is 4.74 Å². The van der Waals surface area contributed by atoms with E-state index >= 15 is 0 Å². The van der Waals surface area contributed by atoms with Crippen molar-refractivity contribution in [3.8, 4) is 0 Å². The van der Waals surface area contributed by atoms with Crippen molar-refractivity contribution in [2.24, 2.45) is 0 Å². The van der Waals surface area contributed by atoms with Gasteiger partial charge >= 0.3 is 0 Å². The average molecular weight is 213 g/mol. The molecule has 3 rings (SSSR count). The van der Waals surface area contributed by atoms with Crippen LogP contribution in [-0.4, -0.2) is 68.9 Å². The van der Waals surface area contributed by atoms with Crippen molar-refractivity contribution in [3.63, 3.8) is 0 Å². The number of piperazine rings is 3. The van der Waals surface area contributed by atoms with E-state index in [9.17, 15) is 0 Å². The van der Waals surface area contributed by atoms with Gasteiger partial charge in [-0.15, -0.1) is 0 Å². The molecule has 0 radical (unpaired) electrons. The van der Waals surface area contributed by atoms with E-state index in [1.807, 2.05) is 0 Å². The number of quaternary nitrogens is 1. The molecule has 0 N–H and O–H groups in total. The number of ether oxygens (including phenoxy) is 1. The molecule has 15 heavy (non-hydrogen) atoms. The first-order valence-corrected chi connectivity index (χ1v) is 6.41. The Bertz CT molecular complexity index is 174. The van der Waals surface area contributed by atoms with Crippen molar-refractivity contribution in [3.05, 3.63) is 0 Å². The molecule has 3 nitrogen and oxygen atoms in total. The number of unbranched alkanes of at least 4 members (excludes halogenated alkanes) is 2. The van der Waals surface area contributed by atoms with Crippen LogP contribution >= 0.6 is 0 Å². The second-order valence-electron chi connectivity index (χ2n) is 5.13. The summed E-state index contributed by atoms with van der Waals surface area (Å²) >= 11 is 0. The molecule has 3 fully saturated rings. The molecule has 3 saturated heterocycles. The van der Waals surface area contributed by atoms with Gasteiger partial charge in [-0.2, -0.15) is 0 Å². The van der Waals surface area contributed by atoms with Gasteiger partial charge in [0.25, 0.3) is 0 Å². The Balaban J connectivity index is 1.64. The van der Waals surface area contributed by atoms with Crippen LogP contribution in [0.25, 0.3) is 0 Å². The highest BCUT2D eigenvalue weighted by Crippen LogP contribution is 2.20. The van der Waals surface area contributed by atoms with Gasteiger partial charge in [-0.05, 0) is 19.3 Å². The summed E-state index contributed by atoms with van der Waals surface area (Å²) in [5.41, 5.74) is 0. The van der Waals surface area contributed by atoms with E-state index in [1.165, 1.54) is 69.6 Å². The van der Waals surface area contributed by atoms with Gasteiger partial charge in [0.2, 0.25) is 0 Å². The molecule has 3 aliphatic rings. The Hall–Kier alpha value is -0.120. The van der Waals surface area contributed by atoms with Crippen molar-refractivity contribution < 1.29 is 9.22 Å². The summed E-state index contributed by atoms with van der Waals surface area (Å²) in [6.45, 7) is 10.6. The lowest BCUT2D eigenvalue weighted by molar-refractivity contribution is -0.941. The predicted octanol–water partition coefficient (Wildman–Crippen LogP) is 0.949. The van der Waals surface area contributed by atoms with Gasteiger partial charge < -0.3 is 9.22 Å². The molecule has 0 atom stereocenters. The maximum absolute atomic E-state index is 5.08. The van der Waals surface area contributed by atoms with Gasteiger partial charge in [0.05, 0.1) is 26.2 Å². The third-order valence-corrected chi connectivity index (χ3v) is 4.15. The quantitative estimate of drug-likeness (QED) is 0.481. The summed E-state index contributed by atoms with van der Waals surface area (Å²) in [4.78, 5) is 2.62. The molecule has 0 aromatic carbocycles. The van der Waals surface area contributed by atoms with Crippen LogP contribution in [0.3, 0.4) is 0 Å². The minimum Gasteiger partial charge on any atom is -0.385 e. The third kappa shape index (κ3) is 2.92. The summed E-state index contributed by atoms with van der Waals surface area (Å²) in [6.07, 6.45) is 3.98. The zero-order chi connectivity index (χ0) is 10.6. The first-order valence-electron chi connectivity index (χ1n) is 6.41. The normalized spacial score (nSPS) is 34.6. The van der Waals surface area contributed by atoms with E-state index in [0.717, 1.165) is 6.61 Å². The molecule has 0 spiro atoms. The van der Waals surface area contributed by atoms with Gasteiger partial charge in [-0.25, -0.2) is 0 Å². The Morgan fingerprint density at radius 2 is 1.67 bits per heavy atom. The molecule has 0 aromatic rings. The number of rotatable bonds is 6. The average Bonchev–Trinajstić information content (AvgIpc) is 2.31. The fraction of sp³-hybridized carbons (Fsp3) is 1.00. The zero-order valence-electron chi connectivity index (χ0n) is 10.1. The molecule has 3 heteroatoms. The SMILES string of the molecule is COCCCCC[N+]12CCN(CC1)CC2. The van der Waals surface area contributed by atoms with E-state index in [-0.39, 0.29) is 0 Å². The second kappa shape index (κ2) is 5.28. The van der Waals surface area contributed by atoms with E-state index in [0.29, 0.717) is 0 Å². The van der Waals surface area contributed by atoms with Crippen LogP contribution in [0.4, 0.5) is 0 Å². The molecule has 0 amide bonds. The van der Waals surface area contributed by atoms with Crippen LogP contribution in [0.2, 0.25) is 0 Å². The largest absolute Gasteiger partial charge is 0.385 e. The molecular formula is C12H25N2O+. The molecule has 2 bridgehead atoms. The molecule has 0 saturated carbocycles. The van der Waals surface area contributed by atoms with E-state index in [2.05, 4.69) is 4.90 Å². The summed E-state index contributed by atoms with van der Waals surface area (Å²) < 4.78 is 6.50. The predicted molar refractivity (Wildman–Crippen MR) is 61.9 cm³/mol. The van der Waals surface area contributed by atoms with Crippen molar-refractivity contribution >= 4 is 0 Å². The number of nitrogens with zero attached hydrogens (tertiary/aromatic N) is 2. The fourth-order valence-corrected chi connectivity index (χ4v) is 2.94. The highest BCUT2D eigenvalue weighted by atomic mass is 16.5. The molecule has 0 aliphatic carbocycles. The fourth-order valence-electron chi connectivity index (χ4n) is 2.94. The van der Waals surface area contributed by atoms with Gasteiger partial charge in [-0.3, -0.25) is 4.90 Å². The number of hydrogen-bond acceptors (Lipinski definition) is 2. The van der Waals surface area contributed by atoms with E-state index in [1.54, 1.807) is 7.11 Å². The summed E-state index contributed by atoms with van der Waals surface area (Å²) in [6, 6.07) is 0. The molecular weight excluding hydrogens is 188 g/mol. The zero-order valence-corrected chi connectivity index (χ0v) is 10.1. The topological polar surface area (TPSA) is 12.5 Å². The lowest BCUT2D eigenvalue weighted by Crippen LogP contribution is -2.67. The van der Waals surface area contributed by atoms with Crippen molar-refractivity contribution in [1.29, 1.82) is 0 Å². The Kier molecular flexibility index (Phi) is 4.00. The molecule has 88 valence electrons. The maximum atomic E-state index is 5.08. The molecule has 3 aliphatic heterocycles. The smallest absolute Gasteiger partial charge is 0.0916 e. The lowest BCUT2D eigenvalue weighted by atomic mass is 10.1. The van der Waals surface area contributed by atoms with Crippen LogP contribution in [0.5, 0.6) is 0 Å². The van der Waals surface area contributed by atoms with Gasteiger partial charge in [-0.1, -0.05) is 0 Å². The van der Waals surface area contributed by atoms with Crippen molar-refractivity contribution in [2.75, 3.05) is 59.5 Å². The van der Waals surface area contributed by atoms with Crippen LogP contribution in [0.15, 0.2) is 0 Å². The molecule has 0 unspecified atom stereocenters. The number of methoxy groups -OCH3 is 1.